The molecule has 0 saturated carbocycles. The van der Waals surface area contributed by atoms with E-state index in [-0.39, 0.29) is 5.91 Å². The van der Waals surface area contributed by atoms with E-state index in [1.54, 1.807) is 30.3 Å². The number of hydrogen-bond donors (Lipinski definition) is 1. The average Bonchev–Trinajstić information content (AvgIpc) is 3.10. The quantitative estimate of drug-likeness (QED) is 0.701. The lowest BCUT2D eigenvalue weighted by Crippen LogP contribution is -2.12. The van der Waals surface area contributed by atoms with E-state index in [2.05, 4.69) is 10.3 Å². The molecule has 3 aromatic rings. The van der Waals surface area contributed by atoms with Gasteiger partial charge in [0.2, 0.25) is 0 Å². The molecule has 0 aliphatic heterocycles. The van der Waals surface area contributed by atoms with Crippen molar-refractivity contribution in [2.24, 2.45) is 0 Å². The number of thiazole rings is 1. The highest BCUT2D eigenvalue weighted by Crippen LogP contribution is 2.27. The summed E-state index contributed by atoms with van der Waals surface area (Å²) in [6.07, 6.45) is 0. The fourth-order valence-electron chi connectivity index (χ4n) is 2.19. The number of benzene rings is 2. The molecule has 0 spiro atoms. The van der Waals surface area contributed by atoms with Crippen LogP contribution in [-0.2, 0) is 0 Å². The highest BCUT2D eigenvalue weighted by atomic mass is 35.5. The van der Waals surface area contributed by atoms with Crippen molar-refractivity contribution in [3.63, 3.8) is 0 Å². The summed E-state index contributed by atoms with van der Waals surface area (Å²) in [4.78, 5) is 16.9. The molecule has 0 radical (unpaired) electrons. The number of nitrogens with zero attached hydrogens (tertiary/aromatic N) is 1. The number of ether oxygens (including phenoxy) is 2. The number of carbonyl (C=O) groups is 1. The van der Waals surface area contributed by atoms with Crippen molar-refractivity contribution in [2.75, 3.05) is 19.5 Å². The Labute approximate surface area is 154 Å². The zero-order chi connectivity index (χ0) is 17.8. The number of methoxy groups -OCH3 is 2. The third-order valence-electron chi connectivity index (χ3n) is 3.48. The van der Waals surface area contributed by atoms with E-state index < -0.39 is 0 Å². The second-order valence-electron chi connectivity index (χ2n) is 5.10. The summed E-state index contributed by atoms with van der Waals surface area (Å²) in [6, 6.07) is 12.4. The van der Waals surface area contributed by atoms with E-state index in [9.17, 15) is 4.79 Å². The first kappa shape index (κ1) is 17.3. The maximum absolute atomic E-state index is 12.5. The van der Waals surface area contributed by atoms with Crippen LogP contribution in [0.1, 0.15) is 10.4 Å². The first-order chi connectivity index (χ1) is 12.1. The fraction of sp³-hybridized carbons (Fsp3) is 0.111. The van der Waals surface area contributed by atoms with Crippen molar-refractivity contribution < 1.29 is 14.3 Å². The van der Waals surface area contributed by atoms with Gasteiger partial charge in [-0.1, -0.05) is 23.7 Å². The Hall–Kier alpha value is -2.57. The molecule has 2 aromatic carbocycles. The molecule has 1 heterocycles. The summed E-state index contributed by atoms with van der Waals surface area (Å²) in [6.45, 7) is 0. The Morgan fingerprint density at radius 2 is 1.72 bits per heavy atom. The van der Waals surface area contributed by atoms with E-state index >= 15 is 0 Å². The summed E-state index contributed by atoms with van der Waals surface area (Å²) in [7, 11) is 3.07. The lowest BCUT2D eigenvalue weighted by molar-refractivity contribution is 0.102. The highest BCUT2D eigenvalue weighted by Gasteiger charge is 2.13. The smallest absolute Gasteiger partial charge is 0.257 e. The number of hydrogen-bond acceptors (Lipinski definition) is 5. The van der Waals surface area contributed by atoms with Crippen LogP contribution in [0, 0.1) is 0 Å². The number of amides is 1. The van der Waals surface area contributed by atoms with Gasteiger partial charge >= 0.3 is 0 Å². The molecule has 0 unspecified atom stereocenters. The molecule has 1 aromatic heterocycles. The number of nitrogens with one attached hydrogen (secondary N) is 1. The number of halogens is 1. The zero-order valence-electron chi connectivity index (χ0n) is 13.6. The predicted molar refractivity (Wildman–Crippen MR) is 100 cm³/mol. The van der Waals surface area contributed by atoms with E-state index in [0.29, 0.717) is 27.2 Å². The monoisotopic (exact) mass is 374 g/mol. The molecule has 0 aliphatic carbocycles. The second-order valence-corrected chi connectivity index (χ2v) is 6.39. The molecular weight excluding hydrogens is 360 g/mol. The van der Waals surface area contributed by atoms with Gasteiger partial charge in [-0.25, -0.2) is 4.98 Å². The number of anilines is 1. The molecule has 1 N–H and O–H groups in total. The molecule has 25 heavy (non-hydrogen) atoms. The van der Waals surface area contributed by atoms with Crippen LogP contribution in [0.4, 0.5) is 5.13 Å². The van der Waals surface area contributed by atoms with Crippen molar-refractivity contribution in [2.45, 2.75) is 0 Å². The maximum Gasteiger partial charge on any atom is 0.257 e. The van der Waals surface area contributed by atoms with Crippen LogP contribution < -0.4 is 14.8 Å². The van der Waals surface area contributed by atoms with Crippen molar-refractivity contribution >= 4 is 34.0 Å². The van der Waals surface area contributed by atoms with E-state index in [1.807, 2.05) is 17.5 Å². The van der Waals surface area contributed by atoms with Gasteiger partial charge in [-0.2, -0.15) is 0 Å². The second kappa shape index (κ2) is 7.55. The van der Waals surface area contributed by atoms with Gasteiger partial charge in [-0.05, 0) is 24.3 Å². The summed E-state index contributed by atoms with van der Waals surface area (Å²) >= 11 is 7.25. The van der Waals surface area contributed by atoms with Crippen LogP contribution in [0.3, 0.4) is 0 Å². The first-order valence-electron chi connectivity index (χ1n) is 7.35. The molecule has 0 atom stereocenters. The van der Waals surface area contributed by atoms with Crippen LogP contribution in [0.2, 0.25) is 5.02 Å². The predicted octanol–water partition coefficient (Wildman–Crippen LogP) is 4.73. The van der Waals surface area contributed by atoms with Crippen LogP contribution in [-0.4, -0.2) is 25.1 Å². The molecule has 0 bridgehead atoms. The average molecular weight is 375 g/mol. The van der Waals surface area contributed by atoms with E-state index in [0.717, 1.165) is 11.3 Å². The van der Waals surface area contributed by atoms with Crippen molar-refractivity contribution in [1.82, 2.24) is 4.98 Å². The highest BCUT2D eigenvalue weighted by molar-refractivity contribution is 7.14. The first-order valence-corrected chi connectivity index (χ1v) is 8.60. The Bertz CT molecular complexity index is 871. The van der Waals surface area contributed by atoms with Gasteiger partial charge in [0, 0.05) is 27.6 Å². The van der Waals surface area contributed by atoms with E-state index in [1.165, 1.54) is 25.6 Å². The van der Waals surface area contributed by atoms with Crippen LogP contribution in [0.25, 0.3) is 11.3 Å². The summed E-state index contributed by atoms with van der Waals surface area (Å²) < 4.78 is 10.4. The zero-order valence-corrected chi connectivity index (χ0v) is 15.1. The molecule has 0 fully saturated rings. The lowest BCUT2D eigenvalue weighted by atomic mass is 10.2. The number of rotatable bonds is 5. The van der Waals surface area contributed by atoms with Crippen LogP contribution in [0.15, 0.2) is 47.8 Å². The molecule has 0 aliphatic rings. The Morgan fingerprint density at radius 1 is 1.08 bits per heavy atom. The third-order valence-corrected chi connectivity index (χ3v) is 4.49. The minimum atomic E-state index is -0.283. The van der Waals surface area contributed by atoms with E-state index in [4.69, 9.17) is 21.1 Å². The third kappa shape index (κ3) is 4.10. The Balaban J connectivity index is 1.79. The normalized spacial score (nSPS) is 10.4. The molecule has 3 rings (SSSR count). The van der Waals surface area contributed by atoms with Crippen molar-refractivity contribution in [3.05, 3.63) is 58.4 Å². The molecule has 128 valence electrons. The molecule has 0 saturated heterocycles. The largest absolute Gasteiger partial charge is 0.497 e. The minimum absolute atomic E-state index is 0.283. The number of aromatic nitrogens is 1. The standard InChI is InChI=1S/C18H15ClN2O3S/c1-23-14-7-12(8-15(9-14)24-2)17(22)21-18-20-16(10-25-18)11-3-5-13(19)6-4-11/h3-10H,1-2H3,(H,20,21,22). The molecule has 7 heteroatoms. The Kier molecular flexibility index (Phi) is 5.21. The summed E-state index contributed by atoms with van der Waals surface area (Å²) in [5.41, 5.74) is 2.14. The Morgan fingerprint density at radius 3 is 2.32 bits per heavy atom. The SMILES string of the molecule is COc1cc(OC)cc(C(=O)Nc2nc(-c3ccc(Cl)cc3)cs2)c1. The van der Waals surface area contributed by atoms with Crippen LogP contribution >= 0.6 is 22.9 Å². The van der Waals surface area contributed by atoms with Gasteiger partial charge in [-0.15, -0.1) is 11.3 Å². The minimum Gasteiger partial charge on any atom is -0.497 e. The summed E-state index contributed by atoms with van der Waals surface area (Å²) in [5.74, 6) is 0.810. The van der Waals surface area contributed by atoms with Gasteiger partial charge in [0.1, 0.15) is 11.5 Å². The van der Waals surface area contributed by atoms with Gasteiger partial charge in [0.25, 0.3) is 5.91 Å². The van der Waals surface area contributed by atoms with Gasteiger partial charge in [0.15, 0.2) is 5.13 Å². The summed E-state index contributed by atoms with van der Waals surface area (Å²) in [5, 5.41) is 5.85. The fourth-order valence-corrected chi connectivity index (χ4v) is 3.03. The molecule has 5 nitrogen and oxygen atoms in total. The van der Waals surface area contributed by atoms with Crippen molar-refractivity contribution in [1.29, 1.82) is 0 Å². The topological polar surface area (TPSA) is 60.5 Å². The van der Waals surface area contributed by atoms with Crippen LogP contribution in [0.5, 0.6) is 11.5 Å². The van der Waals surface area contributed by atoms with Crippen molar-refractivity contribution in [3.8, 4) is 22.8 Å². The van der Waals surface area contributed by atoms with Gasteiger partial charge in [-0.3, -0.25) is 10.1 Å². The molecular formula is C18H15ClN2O3S. The number of carbonyl (C=O) groups excluding carboxylic acids is 1. The van der Waals surface area contributed by atoms with Gasteiger partial charge in [0.05, 0.1) is 19.9 Å². The van der Waals surface area contributed by atoms with Gasteiger partial charge < -0.3 is 9.47 Å². The lowest BCUT2D eigenvalue weighted by Gasteiger charge is -2.08. The maximum atomic E-state index is 12.5. The molecule has 1 amide bonds.